The highest BCUT2D eigenvalue weighted by atomic mass is 16.5. The Bertz CT molecular complexity index is 1150. The van der Waals surface area contributed by atoms with Crippen LogP contribution in [0.25, 0.3) is 6.08 Å². The molecule has 2 aliphatic rings. The van der Waals surface area contributed by atoms with Crippen LogP contribution in [0, 0.1) is 0 Å². The zero-order valence-corrected chi connectivity index (χ0v) is 17.5. The van der Waals surface area contributed by atoms with Gasteiger partial charge in [-0.05, 0) is 53.6 Å². The quantitative estimate of drug-likeness (QED) is 0.600. The van der Waals surface area contributed by atoms with E-state index in [1.807, 2.05) is 61.5 Å². The summed E-state index contributed by atoms with van der Waals surface area (Å²) >= 11 is 0. The lowest BCUT2D eigenvalue weighted by Crippen LogP contribution is -2.31. The van der Waals surface area contributed by atoms with E-state index in [-0.39, 0.29) is 5.78 Å². The van der Waals surface area contributed by atoms with Gasteiger partial charge in [0.2, 0.25) is 5.78 Å². The summed E-state index contributed by atoms with van der Waals surface area (Å²) in [5, 5.41) is 0. The first-order chi connectivity index (χ1) is 15.1. The molecule has 0 unspecified atom stereocenters. The summed E-state index contributed by atoms with van der Waals surface area (Å²) in [6.07, 6.45) is 5.37. The molecular formula is C25H23N3O3. The van der Waals surface area contributed by atoms with Gasteiger partial charge in [-0.3, -0.25) is 14.7 Å². The molecule has 3 aromatic rings. The molecule has 0 spiro atoms. The van der Waals surface area contributed by atoms with Crippen LogP contribution in [0.4, 0.5) is 5.69 Å². The summed E-state index contributed by atoms with van der Waals surface area (Å²) in [4.78, 5) is 21.3. The number of carbonyl (C=O) groups excluding carboxylic acids is 1. The van der Waals surface area contributed by atoms with Crippen LogP contribution in [0.15, 0.2) is 66.7 Å². The smallest absolute Gasteiger partial charge is 0.231 e. The number of hydrogen-bond acceptors (Lipinski definition) is 6. The monoisotopic (exact) mass is 413 g/mol. The van der Waals surface area contributed by atoms with Gasteiger partial charge in [0.15, 0.2) is 5.76 Å². The van der Waals surface area contributed by atoms with Crippen molar-refractivity contribution in [3.05, 3.63) is 88.9 Å². The number of ether oxygens (including phenoxy) is 2. The third-order valence-corrected chi connectivity index (χ3v) is 5.55. The Labute approximate surface area is 181 Å². The predicted octanol–water partition coefficient (Wildman–Crippen LogP) is 4.12. The van der Waals surface area contributed by atoms with Gasteiger partial charge in [-0.2, -0.15) is 0 Å². The number of fused-ring (bicyclic) bond motifs is 3. The molecule has 1 aromatic heterocycles. The zero-order valence-electron chi connectivity index (χ0n) is 17.5. The Hall–Kier alpha value is -3.64. The number of rotatable bonds is 4. The third-order valence-electron chi connectivity index (χ3n) is 5.55. The van der Waals surface area contributed by atoms with Gasteiger partial charge in [-0.1, -0.05) is 12.1 Å². The average Bonchev–Trinajstić information content (AvgIpc) is 3.10. The van der Waals surface area contributed by atoms with Crippen LogP contribution in [0.2, 0.25) is 0 Å². The number of Topliss-reactive ketones (excluding diaryl/α,β-unsaturated/α-hetero) is 1. The van der Waals surface area contributed by atoms with E-state index in [9.17, 15) is 4.79 Å². The molecule has 0 amide bonds. The summed E-state index contributed by atoms with van der Waals surface area (Å²) in [6, 6.07) is 15.7. The highest BCUT2D eigenvalue weighted by Crippen LogP contribution is 2.42. The van der Waals surface area contributed by atoms with E-state index in [1.54, 1.807) is 24.5 Å². The summed E-state index contributed by atoms with van der Waals surface area (Å²) < 4.78 is 12.0. The van der Waals surface area contributed by atoms with E-state index in [0.29, 0.717) is 30.3 Å². The molecule has 0 saturated heterocycles. The summed E-state index contributed by atoms with van der Waals surface area (Å²) in [5.41, 5.74) is 4.69. The van der Waals surface area contributed by atoms with Gasteiger partial charge in [0, 0.05) is 45.3 Å². The highest BCUT2D eigenvalue weighted by molar-refractivity contribution is 6.15. The SMILES string of the molecule is CN(C)c1ccc(/C=C2\Oc3c(ccc4c3CN(Cc3ccncc3)CO4)C2=O)cc1. The number of anilines is 1. The fourth-order valence-electron chi connectivity index (χ4n) is 3.87. The number of allylic oxidation sites excluding steroid dienone is 1. The van der Waals surface area contributed by atoms with E-state index in [1.165, 1.54) is 0 Å². The van der Waals surface area contributed by atoms with Crippen LogP contribution in [0.3, 0.4) is 0 Å². The van der Waals surface area contributed by atoms with E-state index in [2.05, 4.69) is 9.88 Å². The van der Waals surface area contributed by atoms with Crippen LogP contribution in [0.5, 0.6) is 11.5 Å². The molecule has 0 fully saturated rings. The van der Waals surface area contributed by atoms with Crippen molar-refractivity contribution >= 4 is 17.5 Å². The largest absolute Gasteiger partial charge is 0.478 e. The lowest BCUT2D eigenvalue weighted by Gasteiger charge is -2.29. The summed E-state index contributed by atoms with van der Waals surface area (Å²) in [6.45, 7) is 1.88. The molecule has 6 heteroatoms. The summed E-state index contributed by atoms with van der Waals surface area (Å²) in [5.74, 6) is 1.63. The van der Waals surface area contributed by atoms with Crippen LogP contribution < -0.4 is 14.4 Å². The fourth-order valence-corrected chi connectivity index (χ4v) is 3.87. The average molecular weight is 413 g/mol. The molecule has 156 valence electrons. The van der Waals surface area contributed by atoms with Gasteiger partial charge in [0.05, 0.1) is 11.1 Å². The molecule has 2 aliphatic heterocycles. The van der Waals surface area contributed by atoms with Crippen molar-refractivity contribution in [2.45, 2.75) is 13.1 Å². The van der Waals surface area contributed by atoms with Crippen LogP contribution in [0.1, 0.15) is 27.0 Å². The fraction of sp³-hybridized carbons (Fsp3) is 0.200. The molecule has 0 bridgehead atoms. The topological polar surface area (TPSA) is 54.9 Å². The van der Waals surface area contributed by atoms with Gasteiger partial charge < -0.3 is 14.4 Å². The molecule has 6 nitrogen and oxygen atoms in total. The number of carbonyl (C=O) groups is 1. The molecule has 5 rings (SSSR count). The summed E-state index contributed by atoms with van der Waals surface area (Å²) in [7, 11) is 3.99. The minimum Gasteiger partial charge on any atom is -0.478 e. The molecule has 3 heterocycles. The standard InChI is InChI=1S/C25H23N3O3/c1-27(2)19-5-3-17(4-6-19)13-23-24(29)20-7-8-22-21(25(20)31-23)15-28(16-30-22)14-18-9-11-26-12-10-18/h3-13H,14-16H2,1-2H3/b23-13-. The van der Waals surface area contributed by atoms with Crippen molar-refractivity contribution in [3.8, 4) is 11.5 Å². The molecule has 2 aromatic carbocycles. The number of ketones is 1. The van der Waals surface area contributed by atoms with Crippen molar-refractivity contribution in [2.75, 3.05) is 25.7 Å². The Kier molecular flexibility index (Phi) is 4.92. The molecule has 0 aliphatic carbocycles. The van der Waals surface area contributed by atoms with E-state index < -0.39 is 0 Å². The Morgan fingerprint density at radius 1 is 1.06 bits per heavy atom. The van der Waals surface area contributed by atoms with Gasteiger partial charge in [0.25, 0.3) is 0 Å². The Morgan fingerprint density at radius 2 is 1.84 bits per heavy atom. The molecule has 0 radical (unpaired) electrons. The zero-order chi connectivity index (χ0) is 21.4. The van der Waals surface area contributed by atoms with Gasteiger partial charge >= 0.3 is 0 Å². The first-order valence-electron chi connectivity index (χ1n) is 10.2. The van der Waals surface area contributed by atoms with E-state index in [0.717, 1.165) is 34.7 Å². The highest BCUT2D eigenvalue weighted by Gasteiger charge is 2.33. The maximum Gasteiger partial charge on any atom is 0.231 e. The maximum absolute atomic E-state index is 13.0. The number of aromatic nitrogens is 1. The second kappa shape index (κ2) is 7.89. The van der Waals surface area contributed by atoms with Crippen molar-refractivity contribution in [1.82, 2.24) is 9.88 Å². The van der Waals surface area contributed by atoms with Gasteiger partial charge in [-0.25, -0.2) is 0 Å². The minimum atomic E-state index is -0.0965. The Morgan fingerprint density at radius 3 is 2.58 bits per heavy atom. The van der Waals surface area contributed by atoms with Crippen molar-refractivity contribution < 1.29 is 14.3 Å². The van der Waals surface area contributed by atoms with Gasteiger partial charge in [0.1, 0.15) is 18.2 Å². The maximum atomic E-state index is 13.0. The molecular weight excluding hydrogens is 390 g/mol. The minimum absolute atomic E-state index is 0.0965. The van der Waals surface area contributed by atoms with E-state index in [4.69, 9.17) is 9.47 Å². The van der Waals surface area contributed by atoms with Gasteiger partial charge in [-0.15, -0.1) is 0 Å². The number of benzene rings is 2. The third kappa shape index (κ3) is 3.78. The Balaban J connectivity index is 1.40. The van der Waals surface area contributed by atoms with Crippen LogP contribution in [-0.2, 0) is 13.1 Å². The van der Waals surface area contributed by atoms with Crippen molar-refractivity contribution in [2.24, 2.45) is 0 Å². The number of hydrogen-bond donors (Lipinski definition) is 0. The van der Waals surface area contributed by atoms with Crippen LogP contribution >= 0.6 is 0 Å². The number of nitrogens with zero attached hydrogens (tertiary/aromatic N) is 3. The molecule has 0 atom stereocenters. The first kappa shape index (κ1) is 19.3. The van der Waals surface area contributed by atoms with Crippen LogP contribution in [-0.4, -0.2) is 36.5 Å². The van der Waals surface area contributed by atoms with E-state index >= 15 is 0 Å². The molecule has 0 saturated carbocycles. The molecule has 0 N–H and O–H groups in total. The lowest BCUT2D eigenvalue weighted by molar-refractivity contribution is 0.0872. The normalized spacial score (nSPS) is 16.5. The van der Waals surface area contributed by atoms with Crippen molar-refractivity contribution in [3.63, 3.8) is 0 Å². The number of pyridine rings is 1. The predicted molar refractivity (Wildman–Crippen MR) is 119 cm³/mol. The lowest BCUT2D eigenvalue weighted by atomic mass is 10.0. The second-order valence-corrected chi connectivity index (χ2v) is 7.96. The molecule has 31 heavy (non-hydrogen) atoms. The first-order valence-corrected chi connectivity index (χ1v) is 10.2. The second-order valence-electron chi connectivity index (χ2n) is 7.96. The van der Waals surface area contributed by atoms with Crippen molar-refractivity contribution in [1.29, 1.82) is 0 Å².